The van der Waals surface area contributed by atoms with Gasteiger partial charge < -0.3 is 15.7 Å². The number of carbonyl (C=O) groups is 2. The lowest BCUT2D eigenvalue weighted by Gasteiger charge is -2.07. The van der Waals surface area contributed by atoms with E-state index in [-0.39, 0.29) is 25.1 Å². The molecule has 0 atom stereocenters. The Labute approximate surface area is 108 Å². The first-order chi connectivity index (χ1) is 8.99. The number of aliphatic carboxylic acids is 1. The lowest BCUT2D eigenvalue weighted by atomic mass is 10.2. The van der Waals surface area contributed by atoms with Crippen molar-refractivity contribution in [2.75, 3.05) is 6.54 Å². The Balaban J connectivity index is 2.28. The van der Waals surface area contributed by atoms with Crippen LogP contribution in [0.3, 0.4) is 0 Å². The lowest BCUT2D eigenvalue weighted by Crippen LogP contribution is -2.35. The van der Waals surface area contributed by atoms with Crippen LogP contribution in [-0.2, 0) is 11.3 Å². The van der Waals surface area contributed by atoms with Gasteiger partial charge in [0.1, 0.15) is 11.6 Å². The molecule has 0 heterocycles. The number of carboxylic acid groups (broad SMARTS) is 1. The summed E-state index contributed by atoms with van der Waals surface area (Å²) >= 11 is 0. The second kappa shape index (κ2) is 7.30. The van der Waals surface area contributed by atoms with Crippen LogP contribution in [0.4, 0.5) is 13.6 Å². The summed E-state index contributed by atoms with van der Waals surface area (Å²) in [7, 11) is 0. The number of carboxylic acids is 1. The third kappa shape index (κ3) is 5.80. The molecule has 0 bridgehead atoms. The minimum atomic E-state index is -0.935. The fourth-order valence-electron chi connectivity index (χ4n) is 1.34. The Hall–Kier alpha value is -2.18. The Morgan fingerprint density at radius 1 is 1.21 bits per heavy atom. The van der Waals surface area contributed by atoms with E-state index in [9.17, 15) is 18.4 Å². The lowest BCUT2D eigenvalue weighted by molar-refractivity contribution is -0.137. The quantitative estimate of drug-likeness (QED) is 0.689. The highest BCUT2D eigenvalue weighted by Gasteiger charge is 2.06. The van der Waals surface area contributed by atoms with Crippen molar-refractivity contribution >= 4 is 12.0 Å². The average Bonchev–Trinajstić information content (AvgIpc) is 2.33. The predicted octanol–water partition coefficient (Wildman–Crippen LogP) is 1.63. The molecule has 5 nitrogen and oxygen atoms in total. The summed E-state index contributed by atoms with van der Waals surface area (Å²) in [5.41, 5.74) is 0.169. The molecule has 0 aliphatic carbocycles. The van der Waals surface area contributed by atoms with E-state index in [1.165, 1.54) is 6.07 Å². The highest BCUT2D eigenvalue weighted by Crippen LogP contribution is 2.08. The molecule has 0 aromatic heterocycles. The van der Waals surface area contributed by atoms with E-state index in [4.69, 9.17) is 5.11 Å². The van der Waals surface area contributed by atoms with Gasteiger partial charge in [0.2, 0.25) is 0 Å². The monoisotopic (exact) mass is 272 g/mol. The molecule has 2 amide bonds. The first-order valence-corrected chi connectivity index (χ1v) is 5.66. The van der Waals surface area contributed by atoms with Gasteiger partial charge in [0.25, 0.3) is 0 Å². The van der Waals surface area contributed by atoms with E-state index in [0.29, 0.717) is 6.42 Å². The molecule has 19 heavy (non-hydrogen) atoms. The van der Waals surface area contributed by atoms with Crippen LogP contribution < -0.4 is 10.6 Å². The van der Waals surface area contributed by atoms with Crippen LogP contribution in [0.2, 0.25) is 0 Å². The first-order valence-electron chi connectivity index (χ1n) is 5.66. The number of rotatable bonds is 6. The van der Waals surface area contributed by atoms with E-state index >= 15 is 0 Å². The summed E-state index contributed by atoms with van der Waals surface area (Å²) in [6.07, 6.45) is 0.278. The summed E-state index contributed by atoms with van der Waals surface area (Å²) in [5.74, 6) is -2.35. The topological polar surface area (TPSA) is 78.4 Å². The van der Waals surface area contributed by atoms with Gasteiger partial charge >= 0.3 is 12.0 Å². The van der Waals surface area contributed by atoms with Crippen molar-refractivity contribution in [3.8, 4) is 0 Å². The van der Waals surface area contributed by atoms with Gasteiger partial charge in [-0.2, -0.15) is 0 Å². The van der Waals surface area contributed by atoms with Crippen molar-refractivity contribution in [1.29, 1.82) is 0 Å². The molecule has 0 radical (unpaired) electrons. The number of nitrogens with one attached hydrogen (secondary N) is 2. The van der Waals surface area contributed by atoms with E-state index in [2.05, 4.69) is 10.6 Å². The molecule has 0 spiro atoms. The van der Waals surface area contributed by atoms with Gasteiger partial charge in [0, 0.05) is 31.1 Å². The highest BCUT2D eigenvalue weighted by atomic mass is 19.1. The van der Waals surface area contributed by atoms with Gasteiger partial charge in [-0.15, -0.1) is 0 Å². The Morgan fingerprint density at radius 3 is 2.58 bits per heavy atom. The summed E-state index contributed by atoms with van der Waals surface area (Å²) in [4.78, 5) is 21.5. The van der Waals surface area contributed by atoms with Crippen molar-refractivity contribution in [2.45, 2.75) is 19.4 Å². The van der Waals surface area contributed by atoms with Gasteiger partial charge in [0.15, 0.2) is 0 Å². The van der Waals surface area contributed by atoms with Crippen LogP contribution >= 0.6 is 0 Å². The van der Waals surface area contributed by atoms with Gasteiger partial charge in [-0.05, 0) is 12.5 Å². The summed E-state index contributed by atoms with van der Waals surface area (Å²) in [6.45, 7) is 0.140. The fraction of sp³-hybridized carbons (Fsp3) is 0.333. The molecule has 3 N–H and O–H groups in total. The smallest absolute Gasteiger partial charge is 0.315 e. The van der Waals surface area contributed by atoms with Gasteiger partial charge in [0.05, 0.1) is 0 Å². The van der Waals surface area contributed by atoms with Crippen LogP contribution in [0, 0.1) is 11.6 Å². The van der Waals surface area contributed by atoms with Crippen molar-refractivity contribution in [3.63, 3.8) is 0 Å². The maximum atomic E-state index is 13.2. The maximum absolute atomic E-state index is 13.2. The van der Waals surface area contributed by atoms with Crippen LogP contribution in [-0.4, -0.2) is 23.7 Å². The molecule has 0 aliphatic rings. The molecule has 0 fully saturated rings. The van der Waals surface area contributed by atoms with Crippen LogP contribution in [0.1, 0.15) is 18.4 Å². The number of halogens is 2. The zero-order valence-electron chi connectivity index (χ0n) is 10.1. The van der Waals surface area contributed by atoms with Crippen molar-refractivity contribution < 1.29 is 23.5 Å². The minimum absolute atomic E-state index is 0.0349. The van der Waals surface area contributed by atoms with Gasteiger partial charge in [-0.25, -0.2) is 13.6 Å². The standard InChI is InChI=1S/C12H14F2N2O3/c13-9-4-3-8(10(14)6-9)7-16-12(19)15-5-1-2-11(17)18/h3-4,6H,1-2,5,7H2,(H,17,18)(H2,15,16,19). The largest absolute Gasteiger partial charge is 0.481 e. The molecule has 7 heteroatoms. The SMILES string of the molecule is O=C(O)CCCNC(=O)NCc1ccc(F)cc1F. The average molecular weight is 272 g/mol. The third-order valence-electron chi connectivity index (χ3n) is 2.31. The molecule has 0 saturated heterocycles. The number of amides is 2. The Morgan fingerprint density at radius 2 is 1.95 bits per heavy atom. The summed E-state index contributed by atoms with van der Waals surface area (Å²) < 4.78 is 25.8. The van der Waals surface area contributed by atoms with Gasteiger partial charge in [-0.1, -0.05) is 6.07 Å². The molecule has 1 aromatic carbocycles. The third-order valence-corrected chi connectivity index (χ3v) is 2.31. The van der Waals surface area contributed by atoms with Crippen molar-refractivity contribution in [2.24, 2.45) is 0 Å². The second-order valence-electron chi connectivity index (χ2n) is 3.84. The van der Waals surface area contributed by atoms with E-state index in [0.717, 1.165) is 12.1 Å². The number of hydrogen-bond acceptors (Lipinski definition) is 2. The predicted molar refractivity (Wildman–Crippen MR) is 63.5 cm³/mol. The van der Waals surface area contributed by atoms with Crippen LogP contribution in [0.25, 0.3) is 0 Å². The molecule has 104 valence electrons. The normalized spacial score (nSPS) is 10.0. The van der Waals surface area contributed by atoms with Crippen molar-refractivity contribution in [1.82, 2.24) is 10.6 Å². The Kier molecular flexibility index (Phi) is 5.72. The number of benzene rings is 1. The number of hydrogen-bond donors (Lipinski definition) is 3. The van der Waals surface area contributed by atoms with Crippen molar-refractivity contribution in [3.05, 3.63) is 35.4 Å². The van der Waals surface area contributed by atoms with E-state index in [1.54, 1.807) is 0 Å². The Bertz CT molecular complexity index is 466. The number of carbonyl (C=O) groups excluding carboxylic acids is 1. The molecule has 0 unspecified atom stereocenters. The highest BCUT2D eigenvalue weighted by molar-refractivity contribution is 5.73. The first kappa shape index (κ1) is 14.9. The van der Waals surface area contributed by atoms with E-state index in [1.807, 2.05) is 0 Å². The second-order valence-corrected chi connectivity index (χ2v) is 3.84. The maximum Gasteiger partial charge on any atom is 0.315 e. The van der Waals surface area contributed by atoms with E-state index < -0.39 is 23.6 Å². The summed E-state index contributed by atoms with van der Waals surface area (Å²) in [6, 6.07) is 2.55. The number of urea groups is 1. The fourth-order valence-corrected chi connectivity index (χ4v) is 1.34. The van der Waals surface area contributed by atoms with Gasteiger partial charge in [-0.3, -0.25) is 4.79 Å². The molecule has 0 aliphatic heterocycles. The molecular formula is C12H14F2N2O3. The zero-order chi connectivity index (χ0) is 14.3. The summed E-state index contributed by atoms with van der Waals surface area (Å²) in [5, 5.41) is 13.2. The molecule has 1 aromatic rings. The molecular weight excluding hydrogens is 258 g/mol. The minimum Gasteiger partial charge on any atom is -0.481 e. The zero-order valence-corrected chi connectivity index (χ0v) is 10.1. The molecule has 0 saturated carbocycles. The molecule has 1 rings (SSSR count). The van der Waals surface area contributed by atoms with Crippen LogP contribution in [0.5, 0.6) is 0 Å². The van der Waals surface area contributed by atoms with Crippen LogP contribution in [0.15, 0.2) is 18.2 Å².